The molecule has 7 nitrogen and oxygen atoms in total. The number of ether oxygens (including phenoxy) is 1. The van der Waals surface area contributed by atoms with Gasteiger partial charge in [-0.25, -0.2) is 4.98 Å². The first kappa shape index (κ1) is 16.6. The second kappa shape index (κ2) is 8.60. The first-order valence-corrected chi connectivity index (χ1v) is 7.38. The molecule has 0 aliphatic heterocycles. The minimum absolute atomic E-state index is 0.189. The van der Waals surface area contributed by atoms with Gasteiger partial charge in [0, 0.05) is 30.3 Å². The number of azide groups is 1. The van der Waals surface area contributed by atoms with Crippen molar-refractivity contribution in [2.45, 2.75) is 31.8 Å². The average molecular weight is 313 g/mol. The summed E-state index contributed by atoms with van der Waals surface area (Å²) in [4.78, 5) is 18.0. The Kier molecular flexibility index (Phi) is 6.20. The number of esters is 1. The van der Waals surface area contributed by atoms with Crippen LogP contribution in [0.3, 0.4) is 0 Å². The van der Waals surface area contributed by atoms with Gasteiger partial charge in [0.05, 0.1) is 19.5 Å². The predicted octanol–water partition coefficient (Wildman–Crippen LogP) is 3.43. The van der Waals surface area contributed by atoms with Crippen LogP contribution in [0.5, 0.6) is 0 Å². The first-order valence-electron chi connectivity index (χ1n) is 7.38. The second-order valence-electron chi connectivity index (χ2n) is 5.15. The lowest BCUT2D eigenvalue weighted by Crippen LogP contribution is -2.05. The third kappa shape index (κ3) is 5.16. The van der Waals surface area contributed by atoms with Crippen molar-refractivity contribution in [2.24, 2.45) is 5.11 Å². The molecule has 0 aliphatic carbocycles. The molecule has 2 rings (SSSR count). The van der Waals surface area contributed by atoms with Gasteiger partial charge in [-0.2, -0.15) is 0 Å². The fourth-order valence-electron chi connectivity index (χ4n) is 2.31. The highest BCUT2D eigenvalue weighted by Gasteiger charge is 2.10. The molecule has 1 heterocycles. The highest BCUT2D eigenvalue weighted by molar-refractivity contribution is 5.69. The van der Waals surface area contributed by atoms with Gasteiger partial charge in [0.25, 0.3) is 0 Å². The Bertz CT molecular complexity index is 660. The molecule has 0 amide bonds. The maximum atomic E-state index is 11.1. The van der Waals surface area contributed by atoms with E-state index in [-0.39, 0.29) is 12.0 Å². The van der Waals surface area contributed by atoms with Crippen molar-refractivity contribution >= 4 is 5.97 Å². The molecule has 1 unspecified atom stereocenters. The number of carbonyl (C=O) groups is 1. The Morgan fingerprint density at radius 1 is 1.43 bits per heavy atom. The van der Waals surface area contributed by atoms with Gasteiger partial charge in [-0.05, 0) is 29.5 Å². The van der Waals surface area contributed by atoms with Gasteiger partial charge in [0.2, 0.25) is 0 Å². The van der Waals surface area contributed by atoms with Crippen LogP contribution in [0.1, 0.15) is 30.0 Å². The monoisotopic (exact) mass is 313 g/mol. The summed E-state index contributed by atoms with van der Waals surface area (Å²) in [5, 5.41) is 3.87. The Morgan fingerprint density at radius 3 is 2.83 bits per heavy atom. The Morgan fingerprint density at radius 2 is 2.22 bits per heavy atom. The summed E-state index contributed by atoms with van der Waals surface area (Å²) in [6.45, 7) is 0.547. The van der Waals surface area contributed by atoms with Crippen LogP contribution in [-0.4, -0.2) is 22.6 Å². The molecule has 120 valence electrons. The van der Waals surface area contributed by atoms with Gasteiger partial charge in [-0.1, -0.05) is 29.4 Å². The molecule has 0 aliphatic rings. The molecule has 23 heavy (non-hydrogen) atoms. The number of methoxy groups -OCH3 is 1. The van der Waals surface area contributed by atoms with E-state index in [1.807, 2.05) is 35.0 Å². The minimum Gasteiger partial charge on any atom is -0.469 e. The molecule has 0 fully saturated rings. The number of aromatic nitrogens is 2. The molecule has 1 atom stereocenters. The van der Waals surface area contributed by atoms with Gasteiger partial charge in [-0.15, -0.1) is 0 Å². The zero-order chi connectivity index (χ0) is 16.5. The SMILES string of the molecule is COC(=O)CCCc1ccc(C(Cn2ccnc2)N=[N+]=[N-])cc1. The van der Waals surface area contributed by atoms with E-state index in [0.717, 1.165) is 24.0 Å². The Balaban J connectivity index is 1.98. The molecule has 0 saturated heterocycles. The summed E-state index contributed by atoms with van der Waals surface area (Å²) in [5.41, 5.74) is 10.9. The molecule has 0 N–H and O–H groups in total. The molecular weight excluding hydrogens is 294 g/mol. The van der Waals surface area contributed by atoms with Crippen molar-refractivity contribution in [3.8, 4) is 0 Å². The summed E-state index contributed by atoms with van der Waals surface area (Å²) in [6.07, 6.45) is 7.20. The number of hydrogen-bond donors (Lipinski definition) is 0. The van der Waals surface area contributed by atoms with Crippen LogP contribution in [-0.2, 0) is 22.5 Å². The van der Waals surface area contributed by atoms with Crippen LogP contribution in [0.4, 0.5) is 0 Å². The Labute approximate surface area is 134 Å². The molecule has 1 aromatic carbocycles. The Hall–Kier alpha value is -2.79. The molecule has 0 spiro atoms. The lowest BCUT2D eigenvalue weighted by molar-refractivity contribution is -0.140. The molecular formula is C16H19N5O2. The highest BCUT2D eigenvalue weighted by Crippen LogP contribution is 2.21. The number of benzene rings is 1. The van der Waals surface area contributed by atoms with Crippen molar-refractivity contribution in [2.75, 3.05) is 7.11 Å². The van der Waals surface area contributed by atoms with Crippen LogP contribution in [0.15, 0.2) is 48.1 Å². The lowest BCUT2D eigenvalue weighted by atomic mass is 10.0. The number of nitrogens with zero attached hydrogens (tertiary/aromatic N) is 5. The van der Waals surface area contributed by atoms with Crippen molar-refractivity contribution < 1.29 is 9.53 Å². The molecule has 0 radical (unpaired) electrons. The van der Waals surface area contributed by atoms with Crippen LogP contribution in [0.25, 0.3) is 10.4 Å². The lowest BCUT2D eigenvalue weighted by Gasteiger charge is -2.13. The smallest absolute Gasteiger partial charge is 0.305 e. The van der Waals surface area contributed by atoms with E-state index >= 15 is 0 Å². The van der Waals surface area contributed by atoms with Crippen LogP contribution in [0.2, 0.25) is 0 Å². The summed E-state index contributed by atoms with van der Waals surface area (Å²) >= 11 is 0. The maximum absolute atomic E-state index is 11.1. The van der Waals surface area contributed by atoms with Gasteiger partial charge >= 0.3 is 5.97 Å². The standard InChI is InChI=1S/C16H19N5O2/c1-23-16(22)4-2-3-13-5-7-14(8-6-13)15(19-20-17)11-21-10-9-18-12-21/h5-10,12,15H,2-4,11H2,1H3. The maximum Gasteiger partial charge on any atom is 0.305 e. The second-order valence-corrected chi connectivity index (χ2v) is 5.15. The topological polar surface area (TPSA) is 92.9 Å². The summed E-state index contributed by atoms with van der Waals surface area (Å²) in [7, 11) is 1.40. The van der Waals surface area contributed by atoms with Crippen LogP contribution >= 0.6 is 0 Å². The quantitative estimate of drug-likeness (QED) is 0.323. The zero-order valence-corrected chi connectivity index (χ0v) is 13.0. The third-order valence-electron chi connectivity index (χ3n) is 3.57. The summed E-state index contributed by atoms with van der Waals surface area (Å²) in [5.74, 6) is -0.189. The number of imidazole rings is 1. The van der Waals surface area contributed by atoms with Crippen molar-refractivity contribution in [1.29, 1.82) is 0 Å². The fourth-order valence-corrected chi connectivity index (χ4v) is 2.31. The van der Waals surface area contributed by atoms with Gasteiger partial charge in [-0.3, -0.25) is 4.79 Å². The van der Waals surface area contributed by atoms with Crippen LogP contribution < -0.4 is 0 Å². The van der Waals surface area contributed by atoms with Gasteiger partial charge < -0.3 is 9.30 Å². The molecule has 0 bridgehead atoms. The normalized spacial score (nSPS) is 11.5. The van der Waals surface area contributed by atoms with E-state index in [2.05, 4.69) is 19.7 Å². The van der Waals surface area contributed by atoms with Crippen molar-refractivity contribution in [3.05, 3.63) is 64.6 Å². The third-order valence-corrected chi connectivity index (χ3v) is 3.57. The highest BCUT2D eigenvalue weighted by atomic mass is 16.5. The average Bonchev–Trinajstić information content (AvgIpc) is 3.08. The molecule has 2 aromatic rings. The number of rotatable bonds is 8. The number of carbonyl (C=O) groups excluding carboxylic acids is 1. The molecule has 0 saturated carbocycles. The van der Waals surface area contributed by atoms with Crippen LogP contribution in [0, 0.1) is 0 Å². The largest absolute Gasteiger partial charge is 0.469 e. The van der Waals surface area contributed by atoms with Crippen molar-refractivity contribution in [3.63, 3.8) is 0 Å². The van der Waals surface area contributed by atoms with Gasteiger partial charge in [0.1, 0.15) is 0 Å². The predicted molar refractivity (Wildman–Crippen MR) is 85.5 cm³/mol. The van der Waals surface area contributed by atoms with Crippen molar-refractivity contribution in [1.82, 2.24) is 9.55 Å². The van der Waals surface area contributed by atoms with E-state index < -0.39 is 0 Å². The van der Waals surface area contributed by atoms with Gasteiger partial charge in [0.15, 0.2) is 0 Å². The van der Waals surface area contributed by atoms with E-state index in [1.165, 1.54) is 7.11 Å². The summed E-state index contributed by atoms with van der Waals surface area (Å²) < 4.78 is 6.50. The van der Waals surface area contributed by atoms with E-state index in [4.69, 9.17) is 5.53 Å². The minimum atomic E-state index is -0.279. The van der Waals surface area contributed by atoms with E-state index in [1.54, 1.807) is 12.5 Å². The van der Waals surface area contributed by atoms with E-state index in [0.29, 0.717) is 13.0 Å². The zero-order valence-electron chi connectivity index (χ0n) is 13.0. The molecule has 1 aromatic heterocycles. The fraction of sp³-hybridized carbons (Fsp3) is 0.375. The van der Waals surface area contributed by atoms with E-state index in [9.17, 15) is 4.79 Å². The summed E-state index contributed by atoms with van der Waals surface area (Å²) in [6, 6.07) is 7.65. The number of hydrogen-bond acceptors (Lipinski definition) is 4. The first-order chi connectivity index (χ1) is 11.2. The number of aryl methyl sites for hydroxylation is 1. The molecule has 7 heteroatoms.